The molecular formula is C35H42N2O4S. The van der Waals surface area contributed by atoms with Gasteiger partial charge in [-0.1, -0.05) is 84.9 Å². The Morgan fingerprint density at radius 2 is 1.67 bits per heavy atom. The van der Waals surface area contributed by atoms with Crippen LogP contribution in [0.25, 0.3) is 0 Å². The summed E-state index contributed by atoms with van der Waals surface area (Å²) in [7, 11) is 0. The summed E-state index contributed by atoms with van der Waals surface area (Å²) in [4.78, 5) is 29.5. The maximum absolute atomic E-state index is 14.6. The number of fused-ring (bicyclic) bond motifs is 1. The third-order valence-electron chi connectivity index (χ3n) is 8.32. The van der Waals surface area contributed by atoms with E-state index in [0.29, 0.717) is 25.8 Å². The summed E-state index contributed by atoms with van der Waals surface area (Å²) < 4.78 is 5.56. The molecular weight excluding hydrogens is 544 g/mol. The third kappa shape index (κ3) is 7.19. The van der Waals surface area contributed by atoms with E-state index < -0.39 is 29.3 Å². The number of amides is 2. The summed E-state index contributed by atoms with van der Waals surface area (Å²) in [5.74, 6) is 1.91. The van der Waals surface area contributed by atoms with E-state index >= 15 is 0 Å². The van der Waals surface area contributed by atoms with Gasteiger partial charge in [0.05, 0.1) is 23.6 Å². The summed E-state index contributed by atoms with van der Waals surface area (Å²) >= 11 is 1.87. The van der Waals surface area contributed by atoms with Crippen molar-refractivity contribution in [1.82, 2.24) is 10.2 Å². The van der Waals surface area contributed by atoms with Crippen molar-refractivity contribution >= 4 is 23.8 Å². The molecule has 0 aromatic heterocycles. The molecule has 2 N–H and O–H groups in total. The van der Waals surface area contributed by atoms with Crippen LogP contribution < -0.4 is 5.32 Å². The molecule has 2 aliphatic rings. The Morgan fingerprint density at radius 3 is 2.36 bits per heavy atom. The highest BCUT2D eigenvalue weighted by Crippen LogP contribution is 2.46. The number of benzene rings is 3. The molecule has 0 saturated carbocycles. The Balaban J connectivity index is 1.43. The smallest absolute Gasteiger partial charge is 0.407 e. The van der Waals surface area contributed by atoms with E-state index in [1.54, 1.807) is 0 Å². The molecule has 0 spiro atoms. The number of rotatable bonds is 9. The first kappa shape index (κ1) is 30.2. The molecule has 3 aromatic carbocycles. The average molecular weight is 587 g/mol. The number of alkyl carbamates (subject to hydrolysis) is 1. The van der Waals surface area contributed by atoms with Gasteiger partial charge in [0.15, 0.2) is 0 Å². The molecule has 42 heavy (non-hydrogen) atoms. The van der Waals surface area contributed by atoms with Crippen LogP contribution in [-0.4, -0.2) is 52.1 Å². The standard InChI is InChI=1S/C35H42N2O4S/c1-34(2,3)41-33(40)36-29(20-25-12-6-4-7-13-25)31(38)22-35(21-26-14-8-5-9-15-26)18-19-37(32(35)39)30-24-42-23-27-16-10-11-17-28(27)30/h4-17,29-31,38H,18-24H2,1-3H3,(H,36,40)/t29-,30+,31-,35+/m0/s1. The van der Waals surface area contributed by atoms with Gasteiger partial charge < -0.3 is 20.1 Å². The Hall–Kier alpha value is -3.29. The van der Waals surface area contributed by atoms with Gasteiger partial charge in [0.2, 0.25) is 5.91 Å². The maximum atomic E-state index is 14.6. The van der Waals surface area contributed by atoms with Crippen molar-refractivity contribution in [3.63, 3.8) is 0 Å². The van der Waals surface area contributed by atoms with Crippen molar-refractivity contribution in [3.8, 4) is 0 Å². The molecule has 2 heterocycles. The molecule has 3 aromatic rings. The summed E-state index contributed by atoms with van der Waals surface area (Å²) in [6.07, 6.45) is 0.310. The Labute approximate surface area is 253 Å². The summed E-state index contributed by atoms with van der Waals surface area (Å²) in [5.41, 5.74) is 3.12. The van der Waals surface area contributed by atoms with Crippen LogP contribution in [-0.2, 0) is 28.1 Å². The molecule has 222 valence electrons. The Bertz CT molecular complexity index is 1360. The van der Waals surface area contributed by atoms with Crippen LogP contribution in [0.3, 0.4) is 0 Å². The van der Waals surface area contributed by atoms with E-state index in [4.69, 9.17) is 4.74 Å². The topological polar surface area (TPSA) is 78.9 Å². The molecule has 0 radical (unpaired) electrons. The molecule has 1 saturated heterocycles. The summed E-state index contributed by atoms with van der Waals surface area (Å²) in [6, 6.07) is 27.7. The lowest BCUT2D eigenvalue weighted by Crippen LogP contribution is -2.50. The lowest BCUT2D eigenvalue weighted by Gasteiger charge is -2.37. The number of carbonyl (C=O) groups is 2. The number of hydrogen-bond donors (Lipinski definition) is 2. The predicted octanol–water partition coefficient (Wildman–Crippen LogP) is 6.32. The number of ether oxygens (including phenoxy) is 1. The zero-order chi connectivity index (χ0) is 29.7. The van der Waals surface area contributed by atoms with Crippen LogP contribution in [0.2, 0.25) is 0 Å². The predicted molar refractivity (Wildman–Crippen MR) is 168 cm³/mol. The lowest BCUT2D eigenvalue weighted by atomic mass is 9.74. The van der Waals surface area contributed by atoms with Gasteiger partial charge in [-0.05, 0) is 68.7 Å². The van der Waals surface area contributed by atoms with Gasteiger partial charge in [-0.2, -0.15) is 11.8 Å². The molecule has 7 heteroatoms. The highest BCUT2D eigenvalue weighted by atomic mass is 32.2. The largest absolute Gasteiger partial charge is 0.444 e. The SMILES string of the molecule is CC(C)(C)OC(=O)N[C@@H](Cc1ccccc1)[C@@H](O)C[C@]1(Cc2ccccc2)CCN([C@@H]2CSCc3ccccc32)C1=O. The first-order valence-electron chi connectivity index (χ1n) is 14.9. The second-order valence-electron chi connectivity index (χ2n) is 12.6. The van der Waals surface area contributed by atoms with Gasteiger partial charge in [-0.15, -0.1) is 0 Å². The van der Waals surface area contributed by atoms with Crippen LogP contribution in [0.5, 0.6) is 0 Å². The van der Waals surface area contributed by atoms with Gasteiger partial charge in [0, 0.05) is 18.1 Å². The van der Waals surface area contributed by atoms with E-state index in [1.165, 1.54) is 11.1 Å². The molecule has 4 atom stereocenters. The normalized spacial score (nSPS) is 21.9. The van der Waals surface area contributed by atoms with Crippen LogP contribution in [0, 0.1) is 5.41 Å². The molecule has 0 unspecified atom stereocenters. The van der Waals surface area contributed by atoms with Crippen molar-refractivity contribution in [1.29, 1.82) is 0 Å². The molecule has 5 rings (SSSR count). The monoisotopic (exact) mass is 586 g/mol. The van der Waals surface area contributed by atoms with Crippen LogP contribution in [0.1, 0.15) is 61.9 Å². The summed E-state index contributed by atoms with van der Waals surface area (Å²) in [6.45, 7) is 6.09. The van der Waals surface area contributed by atoms with E-state index in [-0.39, 0.29) is 18.4 Å². The minimum Gasteiger partial charge on any atom is -0.444 e. The lowest BCUT2D eigenvalue weighted by molar-refractivity contribution is -0.139. The fraction of sp³-hybridized carbons (Fsp3) is 0.429. The molecule has 2 amide bonds. The maximum Gasteiger partial charge on any atom is 0.407 e. The fourth-order valence-corrected chi connectivity index (χ4v) is 7.51. The highest BCUT2D eigenvalue weighted by Gasteiger charge is 2.50. The first-order chi connectivity index (χ1) is 20.1. The van der Waals surface area contributed by atoms with E-state index in [9.17, 15) is 14.7 Å². The average Bonchev–Trinajstić information content (AvgIpc) is 3.27. The number of aliphatic hydroxyl groups excluding tert-OH is 1. The molecule has 6 nitrogen and oxygen atoms in total. The molecule has 0 bridgehead atoms. The van der Waals surface area contributed by atoms with Gasteiger partial charge in [0.25, 0.3) is 0 Å². The van der Waals surface area contributed by atoms with Crippen molar-refractivity contribution in [2.75, 3.05) is 12.3 Å². The van der Waals surface area contributed by atoms with E-state index in [1.807, 2.05) is 86.0 Å². The van der Waals surface area contributed by atoms with Crippen LogP contribution >= 0.6 is 11.8 Å². The first-order valence-corrected chi connectivity index (χ1v) is 16.0. The zero-order valence-electron chi connectivity index (χ0n) is 24.8. The van der Waals surface area contributed by atoms with Gasteiger partial charge in [0.1, 0.15) is 5.60 Å². The Morgan fingerprint density at radius 1 is 1.02 bits per heavy atom. The van der Waals surface area contributed by atoms with E-state index in [0.717, 1.165) is 22.6 Å². The molecule has 0 aliphatic carbocycles. The number of thioether (sulfide) groups is 1. The van der Waals surface area contributed by atoms with Gasteiger partial charge in [-0.25, -0.2) is 4.79 Å². The quantitative estimate of drug-likeness (QED) is 0.307. The van der Waals surface area contributed by atoms with E-state index in [2.05, 4.69) is 41.7 Å². The second kappa shape index (κ2) is 12.9. The minimum atomic E-state index is -0.960. The van der Waals surface area contributed by atoms with Gasteiger partial charge >= 0.3 is 6.09 Å². The van der Waals surface area contributed by atoms with Gasteiger partial charge in [-0.3, -0.25) is 4.79 Å². The second-order valence-corrected chi connectivity index (χ2v) is 13.7. The number of hydrogen-bond acceptors (Lipinski definition) is 5. The molecule has 2 aliphatic heterocycles. The van der Waals surface area contributed by atoms with Crippen molar-refractivity contribution in [2.45, 2.75) is 76.0 Å². The zero-order valence-corrected chi connectivity index (χ0v) is 25.6. The third-order valence-corrected chi connectivity index (χ3v) is 9.39. The fourth-order valence-electron chi connectivity index (χ4n) is 6.33. The number of likely N-dealkylation sites (tertiary alicyclic amines) is 1. The van der Waals surface area contributed by atoms with Crippen LogP contribution in [0.4, 0.5) is 4.79 Å². The number of nitrogens with one attached hydrogen (secondary N) is 1. The summed E-state index contributed by atoms with van der Waals surface area (Å²) in [5, 5.41) is 14.8. The van der Waals surface area contributed by atoms with Crippen molar-refractivity contribution in [3.05, 3.63) is 107 Å². The number of carbonyl (C=O) groups excluding carboxylic acids is 2. The van der Waals surface area contributed by atoms with Crippen LogP contribution in [0.15, 0.2) is 84.9 Å². The Kier molecular flexibility index (Phi) is 9.28. The molecule has 1 fully saturated rings. The van der Waals surface area contributed by atoms with Crippen molar-refractivity contribution < 1.29 is 19.4 Å². The number of nitrogens with zero attached hydrogens (tertiary/aromatic N) is 1. The highest BCUT2D eigenvalue weighted by molar-refractivity contribution is 7.98. The number of aliphatic hydroxyl groups is 1. The minimum absolute atomic E-state index is 0.0160. The van der Waals surface area contributed by atoms with Crippen molar-refractivity contribution in [2.24, 2.45) is 5.41 Å².